The molecule has 0 heterocycles. The molecule has 0 aromatic rings. The maximum Gasteiger partial charge on any atom is 0.668 e. The molecule has 0 aliphatic carbocycles. The predicted molar refractivity (Wildman–Crippen MR) is 35.3 cm³/mol. The molecule has 0 aromatic heterocycles. The molecule has 0 aliphatic heterocycles. The van der Waals surface area contributed by atoms with Gasteiger partial charge in [0.2, 0.25) is 0 Å². The SMILES string of the molecule is CCO[Si](O)(O)O[Si](O)(O)O. The molecule has 0 rings (SSSR count). The lowest BCUT2D eigenvalue weighted by Crippen LogP contribution is -2.55. The van der Waals surface area contributed by atoms with E-state index in [4.69, 9.17) is 24.0 Å². The van der Waals surface area contributed by atoms with E-state index in [1.54, 1.807) is 0 Å². The van der Waals surface area contributed by atoms with Gasteiger partial charge in [-0.25, -0.2) is 0 Å². The first kappa shape index (κ1) is 11.2. The second-order valence-electron chi connectivity index (χ2n) is 1.66. The monoisotopic (exact) mass is 202 g/mol. The summed E-state index contributed by atoms with van der Waals surface area (Å²) in [5.41, 5.74) is 0. The molecule has 5 N–H and O–H groups in total. The predicted octanol–water partition coefficient (Wildman–Crippen LogP) is -3.13. The van der Waals surface area contributed by atoms with Crippen molar-refractivity contribution in [1.29, 1.82) is 0 Å². The molecule has 7 nitrogen and oxygen atoms in total. The van der Waals surface area contributed by atoms with Crippen molar-refractivity contribution in [3.63, 3.8) is 0 Å². The van der Waals surface area contributed by atoms with Gasteiger partial charge in [0.25, 0.3) is 0 Å². The third-order valence-corrected chi connectivity index (χ3v) is 3.43. The number of hydrogen-bond acceptors (Lipinski definition) is 7. The van der Waals surface area contributed by atoms with Gasteiger partial charge in [0, 0.05) is 6.61 Å². The smallest absolute Gasteiger partial charge is 0.368 e. The summed E-state index contributed by atoms with van der Waals surface area (Å²) < 4.78 is 7.89. The van der Waals surface area contributed by atoms with Crippen LogP contribution in [0.1, 0.15) is 6.92 Å². The van der Waals surface area contributed by atoms with E-state index in [0.717, 1.165) is 0 Å². The molecule has 0 saturated carbocycles. The third-order valence-electron chi connectivity index (χ3n) is 0.602. The molecule has 0 fully saturated rings. The van der Waals surface area contributed by atoms with E-state index < -0.39 is 18.1 Å². The van der Waals surface area contributed by atoms with Crippen LogP contribution in [0.5, 0.6) is 0 Å². The van der Waals surface area contributed by atoms with Crippen LogP contribution in [0.4, 0.5) is 0 Å². The minimum atomic E-state index is -4.89. The molecule has 0 bridgehead atoms. The van der Waals surface area contributed by atoms with Crippen molar-refractivity contribution in [2.24, 2.45) is 0 Å². The first-order valence-corrected chi connectivity index (χ1v) is 6.19. The highest BCUT2D eigenvalue weighted by Gasteiger charge is 2.48. The molecule has 0 aliphatic rings. The third kappa shape index (κ3) is 6.55. The van der Waals surface area contributed by atoms with E-state index in [1.165, 1.54) is 6.92 Å². The van der Waals surface area contributed by atoms with E-state index >= 15 is 0 Å². The number of hydrogen-bond donors (Lipinski definition) is 5. The van der Waals surface area contributed by atoms with Crippen LogP contribution in [-0.4, -0.2) is 48.7 Å². The standard InChI is InChI=1S/C2H10O7Si2/c1-2-8-11(6,7)9-10(3,4)5/h3-7H,2H2,1H3. The first-order valence-electron chi connectivity index (χ1n) is 2.73. The molecule has 0 aromatic carbocycles. The summed E-state index contributed by atoms with van der Waals surface area (Å²) in [6.45, 7) is 1.39. The Morgan fingerprint density at radius 2 is 1.55 bits per heavy atom. The van der Waals surface area contributed by atoms with Gasteiger partial charge in [0.1, 0.15) is 0 Å². The van der Waals surface area contributed by atoms with Gasteiger partial charge in [-0.3, -0.25) is 0 Å². The Bertz CT molecular complexity index is 118. The van der Waals surface area contributed by atoms with Crippen LogP contribution >= 0.6 is 0 Å². The van der Waals surface area contributed by atoms with Crippen LogP contribution in [0.2, 0.25) is 0 Å². The lowest BCUT2D eigenvalue weighted by Gasteiger charge is -2.19. The molecular formula is C2H10O7Si2. The van der Waals surface area contributed by atoms with E-state index in [2.05, 4.69) is 8.54 Å². The Kier molecular flexibility index (Phi) is 3.76. The van der Waals surface area contributed by atoms with Gasteiger partial charge in [-0.1, -0.05) is 0 Å². The summed E-state index contributed by atoms with van der Waals surface area (Å²) in [4.78, 5) is 42.0. The quantitative estimate of drug-likeness (QED) is 0.306. The summed E-state index contributed by atoms with van der Waals surface area (Å²) >= 11 is 0. The second kappa shape index (κ2) is 3.70. The molecule has 0 unspecified atom stereocenters. The van der Waals surface area contributed by atoms with Gasteiger partial charge < -0.3 is 32.5 Å². The van der Waals surface area contributed by atoms with Gasteiger partial charge >= 0.3 is 18.1 Å². The molecule has 0 spiro atoms. The minimum absolute atomic E-state index is 0.0658. The summed E-state index contributed by atoms with van der Waals surface area (Å²) in [6.07, 6.45) is 0. The largest absolute Gasteiger partial charge is 0.668 e. The van der Waals surface area contributed by atoms with E-state index in [1.807, 2.05) is 0 Å². The van der Waals surface area contributed by atoms with Gasteiger partial charge in [0.15, 0.2) is 0 Å². The van der Waals surface area contributed by atoms with E-state index in [-0.39, 0.29) is 6.61 Å². The lowest BCUT2D eigenvalue weighted by molar-refractivity contribution is 0.0170. The van der Waals surface area contributed by atoms with Crippen molar-refractivity contribution in [2.75, 3.05) is 6.61 Å². The maximum atomic E-state index is 8.65. The fraction of sp³-hybridized carbons (Fsp3) is 1.00. The average molecular weight is 202 g/mol. The van der Waals surface area contributed by atoms with E-state index in [9.17, 15) is 0 Å². The zero-order valence-corrected chi connectivity index (χ0v) is 7.76. The highest BCUT2D eigenvalue weighted by atomic mass is 28.5. The van der Waals surface area contributed by atoms with Crippen molar-refractivity contribution >= 4 is 18.1 Å². The van der Waals surface area contributed by atoms with Gasteiger partial charge in [-0.05, 0) is 6.92 Å². The molecule has 9 heteroatoms. The molecule has 0 radical (unpaired) electrons. The fourth-order valence-electron chi connectivity index (χ4n) is 0.396. The van der Waals surface area contributed by atoms with Crippen LogP contribution in [0.25, 0.3) is 0 Å². The van der Waals surface area contributed by atoms with Crippen molar-refractivity contribution in [3.05, 3.63) is 0 Å². The van der Waals surface area contributed by atoms with Crippen molar-refractivity contribution in [2.45, 2.75) is 6.92 Å². The summed E-state index contributed by atoms with van der Waals surface area (Å²) in [7, 11) is -9.42. The van der Waals surface area contributed by atoms with Crippen molar-refractivity contribution in [3.8, 4) is 0 Å². The minimum Gasteiger partial charge on any atom is -0.368 e. The topological polar surface area (TPSA) is 120 Å². The molecule has 11 heavy (non-hydrogen) atoms. The van der Waals surface area contributed by atoms with Crippen LogP contribution in [-0.2, 0) is 8.54 Å². The lowest BCUT2D eigenvalue weighted by atomic mass is 10.9. The van der Waals surface area contributed by atoms with Crippen molar-refractivity contribution < 1.29 is 32.5 Å². The van der Waals surface area contributed by atoms with E-state index in [0.29, 0.717) is 0 Å². The zero-order valence-electron chi connectivity index (χ0n) is 5.76. The Labute approximate surface area is 65.1 Å². The Balaban J connectivity index is 3.91. The van der Waals surface area contributed by atoms with Gasteiger partial charge in [-0.15, -0.1) is 0 Å². The highest BCUT2D eigenvalue weighted by Crippen LogP contribution is 2.02. The Morgan fingerprint density at radius 1 is 1.09 bits per heavy atom. The zero-order chi connectivity index (χ0) is 9.12. The average Bonchev–Trinajstić information content (AvgIpc) is 1.55. The van der Waals surface area contributed by atoms with Crippen molar-refractivity contribution in [1.82, 2.24) is 0 Å². The molecule has 0 atom stereocenters. The Morgan fingerprint density at radius 3 is 1.82 bits per heavy atom. The summed E-state index contributed by atoms with van der Waals surface area (Å²) in [5.74, 6) is 0. The van der Waals surface area contributed by atoms with Crippen LogP contribution in [0.3, 0.4) is 0 Å². The summed E-state index contributed by atoms with van der Waals surface area (Å²) in [6, 6.07) is 0. The molecular weight excluding hydrogens is 192 g/mol. The second-order valence-corrected chi connectivity index (χ2v) is 5.01. The van der Waals surface area contributed by atoms with Crippen LogP contribution in [0, 0.1) is 0 Å². The summed E-state index contributed by atoms with van der Waals surface area (Å²) in [5, 5.41) is 0. The highest BCUT2D eigenvalue weighted by molar-refractivity contribution is 6.64. The van der Waals surface area contributed by atoms with Gasteiger partial charge in [-0.2, -0.15) is 0 Å². The molecule has 0 saturated heterocycles. The number of rotatable bonds is 4. The van der Waals surface area contributed by atoms with Crippen LogP contribution < -0.4 is 0 Å². The maximum absolute atomic E-state index is 8.65. The van der Waals surface area contributed by atoms with Crippen LogP contribution in [0.15, 0.2) is 0 Å². The Hall–Kier alpha value is 0.154. The fourth-order valence-corrected chi connectivity index (χ4v) is 2.43. The molecule has 0 amide bonds. The normalized spacial score (nSPS) is 13.6. The first-order chi connectivity index (χ1) is 4.77. The van der Waals surface area contributed by atoms with Gasteiger partial charge in [0.05, 0.1) is 0 Å². The molecule has 68 valence electrons.